The Bertz CT molecular complexity index is 2110. The van der Waals surface area contributed by atoms with Gasteiger partial charge in [-0.2, -0.15) is 13.2 Å². The average molecular weight is 843 g/mol. The summed E-state index contributed by atoms with van der Waals surface area (Å²) >= 11 is 6.61. The summed E-state index contributed by atoms with van der Waals surface area (Å²) in [6.45, 7) is 5.35. The second-order valence-electron chi connectivity index (χ2n) is 15.5. The van der Waals surface area contributed by atoms with Crippen molar-refractivity contribution < 1.29 is 37.0 Å². The average Bonchev–Trinajstić information content (AvgIpc) is 3.26. The molecule has 60 heavy (non-hydrogen) atoms. The van der Waals surface area contributed by atoms with Gasteiger partial charge in [0, 0.05) is 24.8 Å². The van der Waals surface area contributed by atoms with E-state index in [0.717, 1.165) is 79.0 Å². The van der Waals surface area contributed by atoms with Crippen LogP contribution in [0.2, 0.25) is 0 Å². The minimum Gasteiger partial charge on any atom is -0.492 e. The zero-order valence-corrected chi connectivity index (χ0v) is 35.1. The monoisotopic (exact) mass is 842 g/mol. The van der Waals surface area contributed by atoms with Gasteiger partial charge in [0.1, 0.15) is 23.5 Å². The highest BCUT2D eigenvalue weighted by Gasteiger charge is 2.58. The number of aryl methyl sites for hydroxylation is 1. The third-order valence-corrected chi connectivity index (χ3v) is 11.9. The summed E-state index contributed by atoms with van der Waals surface area (Å²) < 4.78 is 61.8. The van der Waals surface area contributed by atoms with E-state index in [-0.39, 0.29) is 12.0 Å². The number of allylic oxidation sites excluding steroid dienone is 3. The van der Waals surface area contributed by atoms with Crippen molar-refractivity contribution in [2.45, 2.75) is 89.2 Å². The van der Waals surface area contributed by atoms with E-state index in [1.54, 1.807) is 30.3 Å². The van der Waals surface area contributed by atoms with Crippen LogP contribution in [0.4, 0.5) is 13.2 Å². The summed E-state index contributed by atoms with van der Waals surface area (Å²) in [6, 6.07) is 27.6. The molecule has 0 spiro atoms. The van der Waals surface area contributed by atoms with Gasteiger partial charge < -0.3 is 14.2 Å². The number of esters is 2. The highest BCUT2D eigenvalue weighted by molar-refractivity contribution is 6.23. The molecular formula is C49H54ClF3N2O5. The topological polar surface area (TPSA) is 78.0 Å². The highest BCUT2D eigenvalue weighted by Crippen LogP contribution is 2.49. The van der Waals surface area contributed by atoms with Gasteiger partial charge in [0.05, 0.1) is 24.2 Å². The number of unbranched alkanes of at least 4 members (excludes halogenated alkanes) is 2. The van der Waals surface area contributed by atoms with Crippen molar-refractivity contribution in [3.8, 4) is 5.75 Å². The molecule has 2 unspecified atom stereocenters. The normalized spacial score (nSPS) is 18.8. The van der Waals surface area contributed by atoms with Crippen molar-refractivity contribution >= 4 is 29.1 Å². The molecule has 2 aliphatic rings. The number of hydrogen-bond donors (Lipinski definition) is 0. The maximum atomic E-state index is 14.9. The van der Waals surface area contributed by atoms with Crippen molar-refractivity contribution in [1.29, 1.82) is 0 Å². The minimum absolute atomic E-state index is 0.0178. The van der Waals surface area contributed by atoms with Crippen LogP contribution in [0.3, 0.4) is 0 Å². The SMILES string of the molecule is CCCCOC(=O)c1ccc(CCN(CCc2ccccc2OCC2(C(F)(F)F)C=CC(c3ccccc3)=CC2Cl)[C@H]2CCCc3nc(C(=O)OCCCC)ccc32)cc1. The molecule has 11 heteroatoms. The Morgan fingerprint density at radius 2 is 1.53 bits per heavy atom. The quantitative estimate of drug-likeness (QED) is 0.0528. The number of para-hydroxylation sites is 1. The van der Waals surface area contributed by atoms with E-state index in [1.807, 2.05) is 74.5 Å². The molecule has 0 aliphatic heterocycles. The number of rotatable bonds is 19. The molecule has 0 N–H and O–H groups in total. The van der Waals surface area contributed by atoms with Crippen LogP contribution >= 0.6 is 11.6 Å². The summed E-state index contributed by atoms with van der Waals surface area (Å²) in [5.74, 6) is -0.397. The lowest BCUT2D eigenvalue weighted by molar-refractivity contribution is -0.212. The zero-order valence-electron chi connectivity index (χ0n) is 34.4. The first-order valence-corrected chi connectivity index (χ1v) is 21.5. The molecule has 0 radical (unpaired) electrons. The zero-order chi connectivity index (χ0) is 42.5. The Labute approximate surface area is 356 Å². The van der Waals surface area contributed by atoms with Crippen LogP contribution < -0.4 is 4.74 Å². The van der Waals surface area contributed by atoms with Gasteiger partial charge in [0.25, 0.3) is 0 Å². The molecule has 318 valence electrons. The molecule has 3 atom stereocenters. The molecule has 1 heterocycles. The predicted molar refractivity (Wildman–Crippen MR) is 229 cm³/mol. The number of pyridine rings is 1. The first-order chi connectivity index (χ1) is 29.0. The number of fused-ring (bicyclic) bond motifs is 1. The summed E-state index contributed by atoms with van der Waals surface area (Å²) in [5.41, 5.74) is 3.51. The number of nitrogens with zero attached hydrogens (tertiary/aromatic N) is 2. The van der Waals surface area contributed by atoms with E-state index in [0.29, 0.717) is 61.7 Å². The number of halogens is 4. The first-order valence-electron chi connectivity index (χ1n) is 21.1. The molecule has 6 rings (SSSR count). The van der Waals surface area contributed by atoms with Crippen molar-refractivity contribution in [1.82, 2.24) is 9.88 Å². The van der Waals surface area contributed by atoms with Crippen LogP contribution in [0.15, 0.2) is 109 Å². The van der Waals surface area contributed by atoms with Crippen LogP contribution in [0.5, 0.6) is 5.75 Å². The number of carbonyl (C=O) groups is 2. The Balaban J connectivity index is 1.21. The molecular weight excluding hydrogens is 789 g/mol. The van der Waals surface area contributed by atoms with Gasteiger partial charge >= 0.3 is 18.1 Å². The smallest absolute Gasteiger partial charge is 0.402 e. The molecule has 1 aromatic heterocycles. The molecule has 0 bridgehead atoms. The number of carbonyl (C=O) groups excluding carboxylic acids is 2. The molecule has 0 fully saturated rings. The van der Waals surface area contributed by atoms with Crippen molar-refractivity contribution in [3.05, 3.63) is 148 Å². The summed E-state index contributed by atoms with van der Waals surface area (Å²) in [5, 5.41) is -1.39. The number of benzene rings is 3. The maximum absolute atomic E-state index is 14.9. The molecule has 2 aliphatic carbocycles. The van der Waals surface area contributed by atoms with E-state index in [9.17, 15) is 22.8 Å². The summed E-state index contributed by atoms with van der Waals surface area (Å²) in [7, 11) is 0. The van der Waals surface area contributed by atoms with Gasteiger partial charge in [-0.05, 0) is 97.0 Å². The fourth-order valence-electron chi connectivity index (χ4n) is 7.69. The number of hydrogen-bond acceptors (Lipinski definition) is 7. The molecule has 4 aromatic rings. The minimum atomic E-state index is -4.68. The molecule has 0 amide bonds. The van der Waals surface area contributed by atoms with Gasteiger partial charge in [0.15, 0.2) is 0 Å². The standard InChI is InChI=1S/C49H54ClF3N2O5/c1-3-5-31-58-46(56)38-21-19-35(20-22-38)26-29-55(43-17-12-16-41-40(43)23-24-42(54-41)47(57)59-32-6-4-2)30-27-37-15-10-11-18-44(37)60-34-48(49(51,52)53)28-25-39(33-45(48)50)36-13-8-7-9-14-36/h7-11,13-15,18-25,28,33,43,45H,3-6,12,16-17,26-27,29-32,34H2,1-2H3/t43-,45?,48?/m0/s1. The molecule has 0 saturated heterocycles. The third kappa shape index (κ3) is 11.1. The van der Waals surface area contributed by atoms with E-state index in [4.69, 9.17) is 30.8 Å². The third-order valence-electron chi connectivity index (χ3n) is 11.4. The van der Waals surface area contributed by atoms with Gasteiger partial charge in [-0.15, -0.1) is 11.6 Å². The highest BCUT2D eigenvalue weighted by atomic mass is 35.5. The molecule has 0 saturated carbocycles. The van der Waals surface area contributed by atoms with E-state index in [1.165, 1.54) is 12.2 Å². The largest absolute Gasteiger partial charge is 0.492 e. The van der Waals surface area contributed by atoms with Crippen molar-refractivity contribution in [3.63, 3.8) is 0 Å². The van der Waals surface area contributed by atoms with Gasteiger partial charge in [-0.1, -0.05) is 112 Å². The second kappa shape index (κ2) is 21.0. The Morgan fingerprint density at radius 3 is 2.23 bits per heavy atom. The van der Waals surface area contributed by atoms with Gasteiger partial charge in [0.2, 0.25) is 0 Å². The summed E-state index contributed by atoms with van der Waals surface area (Å²) in [6.07, 6.45) is 6.52. The Morgan fingerprint density at radius 1 is 0.850 bits per heavy atom. The lowest BCUT2D eigenvalue weighted by atomic mass is 9.78. The van der Waals surface area contributed by atoms with E-state index < -0.39 is 29.5 Å². The van der Waals surface area contributed by atoms with Gasteiger partial charge in [-0.25, -0.2) is 14.6 Å². The lowest BCUT2D eigenvalue weighted by Crippen LogP contribution is -2.48. The van der Waals surface area contributed by atoms with Crippen LogP contribution in [0.25, 0.3) is 5.57 Å². The van der Waals surface area contributed by atoms with Crippen LogP contribution in [-0.4, -0.2) is 66.3 Å². The second-order valence-corrected chi connectivity index (χ2v) is 16.0. The van der Waals surface area contributed by atoms with Crippen LogP contribution in [0, 0.1) is 5.41 Å². The van der Waals surface area contributed by atoms with Crippen molar-refractivity contribution in [2.24, 2.45) is 5.41 Å². The Hall–Kier alpha value is -4.93. The molecule has 3 aromatic carbocycles. The number of ether oxygens (including phenoxy) is 3. The van der Waals surface area contributed by atoms with Crippen LogP contribution in [0.1, 0.15) is 107 Å². The van der Waals surface area contributed by atoms with Crippen molar-refractivity contribution in [2.75, 3.05) is 32.9 Å². The summed E-state index contributed by atoms with van der Waals surface area (Å²) in [4.78, 5) is 32.5. The Kier molecular flexibility index (Phi) is 15.6. The molecule has 7 nitrogen and oxygen atoms in total. The fraction of sp³-hybridized carbons (Fsp3) is 0.408. The number of aromatic nitrogens is 1. The lowest BCUT2D eigenvalue weighted by Gasteiger charge is -2.38. The first kappa shape index (κ1) is 44.6. The number of alkyl halides is 4. The fourth-order valence-corrected chi connectivity index (χ4v) is 8.09. The maximum Gasteiger partial charge on any atom is 0.402 e. The van der Waals surface area contributed by atoms with E-state index >= 15 is 0 Å². The van der Waals surface area contributed by atoms with E-state index in [2.05, 4.69) is 4.90 Å². The van der Waals surface area contributed by atoms with Crippen LogP contribution in [-0.2, 0) is 28.7 Å². The predicted octanol–water partition coefficient (Wildman–Crippen LogP) is 11.3. The van der Waals surface area contributed by atoms with Gasteiger partial charge in [-0.3, -0.25) is 4.90 Å².